The van der Waals surface area contributed by atoms with Gasteiger partial charge in [-0.1, -0.05) is 11.6 Å². The topological polar surface area (TPSA) is 92.7 Å². The van der Waals surface area contributed by atoms with Crippen LogP contribution in [0.3, 0.4) is 0 Å². The molecule has 0 aliphatic heterocycles. The highest BCUT2D eigenvalue weighted by Crippen LogP contribution is 2.33. The van der Waals surface area contributed by atoms with E-state index < -0.39 is 0 Å². The fourth-order valence-corrected chi connectivity index (χ4v) is 4.45. The van der Waals surface area contributed by atoms with Crippen LogP contribution in [0.4, 0.5) is 0 Å². The Morgan fingerprint density at radius 1 is 1.31 bits per heavy atom. The molecule has 1 fully saturated rings. The van der Waals surface area contributed by atoms with Crippen LogP contribution in [0.2, 0.25) is 5.02 Å². The number of imidazole rings is 1. The minimum Gasteiger partial charge on any atom is -0.349 e. The van der Waals surface area contributed by atoms with Gasteiger partial charge in [0.05, 0.1) is 21.8 Å². The number of carbonyl (C=O) groups excluding carboxylic acids is 1. The molecule has 3 aromatic heterocycles. The Bertz CT molecular complexity index is 1100. The van der Waals surface area contributed by atoms with Crippen molar-refractivity contribution in [1.82, 2.24) is 24.8 Å². The summed E-state index contributed by atoms with van der Waals surface area (Å²) in [5, 5.41) is 3.57. The summed E-state index contributed by atoms with van der Waals surface area (Å²) in [7, 11) is 0. The van der Waals surface area contributed by atoms with E-state index in [1.165, 1.54) is 0 Å². The van der Waals surface area contributed by atoms with Gasteiger partial charge >= 0.3 is 5.69 Å². The fraction of sp³-hybridized carbons (Fsp3) is 0.429. The number of amides is 1. The van der Waals surface area contributed by atoms with Crippen molar-refractivity contribution in [3.8, 4) is 0 Å². The maximum Gasteiger partial charge on any atom is 0.327 e. The van der Waals surface area contributed by atoms with Gasteiger partial charge in [-0.05, 0) is 63.6 Å². The van der Waals surface area contributed by atoms with Crippen molar-refractivity contribution >= 4 is 28.7 Å². The fourth-order valence-electron chi connectivity index (χ4n) is 4.29. The summed E-state index contributed by atoms with van der Waals surface area (Å²) in [4.78, 5) is 36.5. The Morgan fingerprint density at radius 3 is 2.83 bits per heavy atom. The van der Waals surface area contributed by atoms with Crippen molar-refractivity contribution in [3.05, 3.63) is 57.4 Å². The summed E-state index contributed by atoms with van der Waals surface area (Å²) in [6, 6.07) is 5.50. The highest BCUT2D eigenvalue weighted by atomic mass is 35.5. The van der Waals surface area contributed by atoms with E-state index in [0.717, 1.165) is 31.2 Å². The highest BCUT2D eigenvalue weighted by molar-refractivity contribution is 6.30. The van der Waals surface area contributed by atoms with E-state index in [0.29, 0.717) is 27.8 Å². The van der Waals surface area contributed by atoms with Crippen LogP contribution < -0.4 is 11.0 Å². The Kier molecular flexibility index (Phi) is 5.41. The number of aromatic amines is 1. The lowest BCUT2D eigenvalue weighted by Crippen LogP contribution is -2.39. The average molecular weight is 414 g/mol. The molecule has 0 spiro atoms. The van der Waals surface area contributed by atoms with Gasteiger partial charge in [-0.25, -0.2) is 9.78 Å². The maximum atomic E-state index is 12.6. The molecule has 0 bridgehead atoms. The molecule has 152 valence electrons. The third kappa shape index (κ3) is 3.92. The quantitative estimate of drug-likeness (QED) is 0.683. The Labute approximate surface area is 173 Å². The van der Waals surface area contributed by atoms with Crippen LogP contribution in [-0.4, -0.2) is 31.5 Å². The summed E-state index contributed by atoms with van der Waals surface area (Å²) in [6.07, 6.45) is 6.87. The molecular formula is C21H24ClN5O2. The predicted octanol–water partition coefficient (Wildman–Crippen LogP) is 3.63. The van der Waals surface area contributed by atoms with Gasteiger partial charge in [0.15, 0.2) is 5.65 Å². The van der Waals surface area contributed by atoms with E-state index in [4.69, 9.17) is 11.6 Å². The van der Waals surface area contributed by atoms with Gasteiger partial charge in [0.1, 0.15) is 0 Å². The van der Waals surface area contributed by atoms with Gasteiger partial charge in [-0.3, -0.25) is 14.3 Å². The lowest BCUT2D eigenvalue weighted by molar-refractivity contribution is 0.0916. The molecule has 0 radical (unpaired) electrons. The zero-order chi connectivity index (χ0) is 20.5. The van der Waals surface area contributed by atoms with Gasteiger partial charge in [-0.15, -0.1) is 0 Å². The molecule has 8 heteroatoms. The molecule has 1 aliphatic carbocycles. The number of fused-ring (bicyclic) bond motifs is 1. The number of hydrogen-bond acceptors (Lipinski definition) is 4. The first-order valence-electron chi connectivity index (χ1n) is 9.92. The average Bonchev–Trinajstić information content (AvgIpc) is 3.05. The number of rotatable bonds is 4. The highest BCUT2D eigenvalue weighted by Gasteiger charge is 2.29. The van der Waals surface area contributed by atoms with Gasteiger partial charge in [0.2, 0.25) is 0 Å². The zero-order valence-electron chi connectivity index (χ0n) is 16.5. The van der Waals surface area contributed by atoms with Gasteiger partial charge < -0.3 is 10.3 Å². The summed E-state index contributed by atoms with van der Waals surface area (Å²) in [5.74, 6) is 0.225. The SMILES string of the molecule is Cc1ncc(Cl)cc1C(=O)N[C@H]1CC[C@H](C(C)n2c(=O)[nH]c3cccnc32)CC1. The smallest absolute Gasteiger partial charge is 0.327 e. The molecule has 1 saturated carbocycles. The van der Waals surface area contributed by atoms with Gasteiger partial charge in [-0.2, -0.15) is 0 Å². The minimum atomic E-state index is -0.133. The van der Waals surface area contributed by atoms with Crippen molar-refractivity contribution in [2.45, 2.75) is 51.6 Å². The van der Waals surface area contributed by atoms with Crippen molar-refractivity contribution < 1.29 is 4.79 Å². The van der Waals surface area contributed by atoms with Crippen molar-refractivity contribution in [2.75, 3.05) is 0 Å². The van der Waals surface area contributed by atoms with E-state index in [9.17, 15) is 9.59 Å². The molecule has 1 aliphatic rings. The first-order chi connectivity index (χ1) is 13.9. The second-order valence-corrected chi connectivity index (χ2v) is 8.22. The number of nitrogens with zero attached hydrogens (tertiary/aromatic N) is 3. The normalized spacial score (nSPS) is 20.5. The van der Waals surface area contributed by atoms with E-state index in [2.05, 4.69) is 27.2 Å². The molecule has 1 unspecified atom stereocenters. The van der Waals surface area contributed by atoms with E-state index in [1.54, 1.807) is 30.0 Å². The number of H-pyrrole nitrogens is 1. The first kappa shape index (κ1) is 19.6. The number of nitrogens with one attached hydrogen (secondary N) is 2. The standard InChI is InChI=1S/C21H24ClN5O2/c1-12-17(10-15(22)11-24-12)20(28)25-16-7-5-14(6-8-16)13(2)27-19-18(26-21(27)29)4-3-9-23-19/h3-4,9-11,13-14,16H,5-8H2,1-2H3,(H,25,28)(H,26,29)/t13?,14-,16-. The molecule has 2 N–H and O–H groups in total. The molecule has 4 rings (SSSR count). The largest absolute Gasteiger partial charge is 0.349 e. The third-order valence-corrected chi connectivity index (χ3v) is 6.18. The molecule has 3 heterocycles. The maximum absolute atomic E-state index is 12.6. The molecule has 29 heavy (non-hydrogen) atoms. The van der Waals surface area contributed by atoms with Crippen LogP contribution in [0.1, 0.15) is 54.7 Å². The number of aromatic nitrogens is 4. The summed E-state index contributed by atoms with van der Waals surface area (Å²) in [6.45, 7) is 3.88. The number of aryl methyl sites for hydroxylation is 1. The van der Waals surface area contributed by atoms with E-state index in [-0.39, 0.29) is 23.7 Å². The molecule has 0 saturated heterocycles. The van der Waals surface area contributed by atoms with Gasteiger partial charge in [0, 0.05) is 24.5 Å². The van der Waals surface area contributed by atoms with Crippen molar-refractivity contribution in [3.63, 3.8) is 0 Å². The summed E-state index contributed by atoms with van der Waals surface area (Å²) < 4.78 is 1.76. The number of carbonyl (C=O) groups is 1. The Hall–Kier alpha value is -2.67. The van der Waals surface area contributed by atoms with Crippen LogP contribution in [0.15, 0.2) is 35.4 Å². The third-order valence-electron chi connectivity index (χ3n) is 5.97. The van der Waals surface area contributed by atoms with Gasteiger partial charge in [0.25, 0.3) is 5.91 Å². The number of pyridine rings is 2. The molecule has 7 nitrogen and oxygen atoms in total. The molecular weight excluding hydrogens is 390 g/mol. The van der Waals surface area contributed by atoms with Crippen LogP contribution in [0.25, 0.3) is 11.2 Å². The number of hydrogen-bond donors (Lipinski definition) is 2. The molecule has 1 amide bonds. The Balaban J connectivity index is 1.41. The van der Waals surface area contributed by atoms with Crippen LogP contribution in [-0.2, 0) is 0 Å². The predicted molar refractivity (Wildman–Crippen MR) is 112 cm³/mol. The lowest BCUT2D eigenvalue weighted by atomic mass is 9.82. The Morgan fingerprint density at radius 2 is 2.07 bits per heavy atom. The molecule has 0 aromatic carbocycles. The van der Waals surface area contributed by atoms with Crippen molar-refractivity contribution in [2.24, 2.45) is 5.92 Å². The van der Waals surface area contributed by atoms with Crippen LogP contribution >= 0.6 is 11.6 Å². The lowest BCUT2D eigenvalue weighted by Gasteiger charge is -2.33. The van der Waals surface area contributed by atoms with E-state index in [1.807, 2.05) is 12.1 Å². The summed E-state index contributed by atoms with van der Waals surface area (Å²) in [5.41, 5.74) is 2.52. The monoisotopic (exact) mass is 413 g/mol. The first-order valence-corrected chi connectivity index (χ1v) is 10.3. The molecule has 1 atom stereocenters. The van der Waals surface area contributed by atoms with Crippen molar-refractivity contribution in [1.29, 1.82) is 0 Å². The van der Waals surface area contributed by atoms with Crippen LogP contribution in [0.5, 0.6) is 0 Å². The zero-order valence-corrected chi connectivity index (χ0v) is 17.2. The minimum absolute atomic E-state index is 0.0437. The summed E-state index contributed by atoms with van der Waals surface area (Å²) >= 11 is 5.98. The number of halogens is 1. The second kappa shape index (κ2) is 7.99. The van der Waals surface area contributed by atoms with Crippen LogP contribution in [0, 0.1) is 12.8 Å². The molecule has 3 aromatic rings. The van der Waals surface area contributed by atoms with E-state index >= 15 is 0 Å². The second-order valence-electron chi connectivity index (χ2n) is 7.79.